The van der Waals surface area contributed by atoms with Crippen LogP contribution in [-0.2, 0) is 14.3 Å². The lowest BCUT2D eigenvalue weighted by molar-refractivity contribution is -0.200. The molecule has 0 radical (unpaired) electrons. The van der Waals surface area contributed by atoms with E-state index in [1.54, 1.807) is 30.3 Å². The Morgan fingerprint density at radius 3 is 1.94 bits per heavy atom. The second kappa shape index (κ2) is 11.1. The molecule has 0 atom stereocenters. The molecule has 0 spiro atoms. The zero-order valence-corrected chi connectivity index (χ0v) is 18.5. The normalized spacial score (nSPS) is 15.6. The summed E-state index contributed by atoms with van der Waals surface area (Å²) in [5.41, 5.74) is 3.08. The number of ketones is 1. The van der Waals surface area contributed by atoms with Crippen molar-refractivity contribution in [3.05, 3.63) is 82.9 Å². The van der Waals surface area contributed by atoms with Gasteiger partial charge in [0.2, 0.25) is 0 Å². The van der Waals surface area contributed by atoms with Crippen LogP contribution in [0.3, 0.4) is 0 Å². The Morgan fingerprint density at radius 1 is 0.882 bits per heavy atom. The molecule has 0 aromatic heterocycles. The summed E-state index contributed by atoms with van der Waals surface area (Å²) in [7, 11) is 2.12. The van der Waals surface area contributed by atoms with Gasteiger partial charge in [-0.15, -0.1) is 0 Å². The molecule has 0 bridgehead atoms. The molecule has 5 nitrogen and oxygen atoms in total. The summed E-state index contributed by atoms with van der Waals surface area (Å²) in [6, 6.07) is 14.3. The molecule has 0 N–H and O–H groups in total. The lowest BCUT2D eigenvalue weighted by atomic mass is 9.89. The predicted molar refractivity (Wildman–Crippen MR) is 122 cm³/mol. The van der Waals surface area contributed by atoms with Gasteiger partial charge in [0.05, 0.1) is 0 Å². The molecule has 1 aliphatic heterocycles. The monoisotopic (exact) mass is 471 g/mol. The van der Waals surface area contributed by atoms with Gasteiger partial charge in [-0.1, -0.05) is 54.6 Å². The Kier molecular flexibility index (Phi) is 8.17. The van der Waals surface area contributed by atoms with E-state index in [2.05, 4.69) is 16.7 Å². The number of hydrogen-bond acceptors (Lipinski definition) is 5. The largest absolute Gasteiger partial charge is 0.491 e. The minimum Gasteiger partial charge on any atom is -0.383 e. The van der Waals surface area contributed by atoms with Gasteiger partial charge < -0.3 is 9.64 Å². The minimum absolute atomic E-state index is 0.129. The number of allylic oxidation sites excluding steroid dienone is 1. The number of benzene rings is 2. The van der Waals surface area contributed by atoms with Crippen LogP contribution in [0.4, 0.5) is 13.2 Å². The van der Waals surface area contributed by atoms with E-state index < -0.39 is 18.1 Å². The van der Waals surface area contributed by atoms with E-state index in [4.69, 9.17) is 0 Å². The van der Waals surface area contributed by atoms with Crippen LogP contribution >= 0.6 is 0 Å². The molecule has 1 heterocycles. The number of alkyl halides is 3. The molecule has 0 amide bonds. The SMILES string of the molecule is CN1CCC(c2ccc(C(=O)/C=C/c3ccc(/C=C/C(=O)OC(=O)C(F)(F)F)cc3)cc2)CC1. The van der Waals surface area contributed by atoms with Gasteiger partial charge in [0.1, 0.15) is 0 Å². The molecule has 8 heteroatoms. The van der Waals surface area contributed by atoms with Crippen molar-refractivity contribution in [3.63, 3.8) is 0 Å². The van der Waals surface area contributed by atoms with Gasteiger partial charge in [0.25, 0.3) is 0 Å². The van der Waals surface area contributed by atoms with Gasteiger partial charge in [0, 0.05) is 11.6 Å². The highest BCUT2D eigenvalue weighted by atomic mass is 19.4. The number of esters is 2. The molecule has 1 fully saturated rings. The molecule has 2 aromatic rings. The molecule has 178 valence electrons. The summed E-state index contributed by atoms with van der Waals surface area (Å²) in [5, 5.41) is 0. The average Bonchev–Trinajstić information content (AvgIpc) is 2.82. The highest BCUT2D eigenvalue weighted by molar-refractivity contribution is 6.06. The topological polar surface area (TPSA) is 63.7 Å². The van der Waals surface area contributed by atoms with E-state index in [0.717, 1.165) is 37.6 Å². The van der Waals surface area contributed by atoms with Crippen LogP contribution in [0.25, 0.3) is 12.2 Å². The van der Waals surface area contributed by atoms with Gasteiger partial charge >= 0.3 is 18.1 Å². The lowest BCUT2D eigenvalue weighted by Gasteiger charge is -2.29. The zero-order chi connectivity index (χ0) is 24.7. The van der Waals surface area contributed by atoms with E-state index >= 15 is 0 Å². The maximum absolute atomic E-state index is 12.5. The molecule has 1 aliphatic rings. The number of carbonyl (C=O) groups excluding carboxylic acids is 3. The van der Waals surface area contributed by atoms with Crippen LogP contribution in [0.1, 0.15) is 45.8 Å². The minimum atomic E-state index is -5.23. The van der Waals surface area contributed by atoms with E-state index in [1.165, 1.54) is 17.7 Å². The standard InChI is InChI=1S/C26H24F3NO4/c1-30-16-14-21(15-17-30)20-8-10-22(11-9-20)23(31)12-6-18-2-4-19(5-3-18)7-13-24(32)34-25(33)26(27,28)29/h2-13,21H,14-17H2,1H3/b12-6+,13-7+. The third-order valence-corrected chi connectivity index (χ3v) is 5.59. The van der Waals surface area contributed by atoms with Crippen LogP contribution in [0.2, 0.25) is 0 Å². The number of likely N-dealkylation sites (tertiary alicyclic amines) is 1. The fourth-order valence-electron chi connectivity index (χ4n) is 3.60. The van der Waals surface area contributed by atoms with Gasteiger partial charge in [-0.2, -0.15) is 13.2 Å². The highest BCUT2D eigenvalue weighted by Gasteiger charge is 2.42. The molecular formula is C26H24F3NO4. The van der Waals surface area contributed by atoms with Crippen molar-refractivity contribution in [2.24, 2.45) is 0 Å². The lowest BCUT2D eigenvalue weighted by Crippen LogP contribution is -2.29. The Balaban J connectivity index is 1.54. The second-order valence-corrected chi connectivity index (χ2v) is 8.10. The first-order valence-corrected chi connectivity index (χ1v) is 10.7. The zero-order valence-electron chi connectivity index (χ0n) is 18.5. The Bertz CT molecular complexity index is 1080. The molecule has 0 saturated carbocycles. The fourth-order valence-corrected chi connectivity index (χ4v) is 3.60. The molecular weight excluding hydrogens is 447 g/mol. The average molecular weight is 471 g/mol. The van der Waals surface area contributed by atoms with Crippen molar-refractivity contribution in [2.45, 2.75) is 24.9 Å². The first-order valence-electron chi connectivity index (χ1n) is 10.7. The molecule has 1 saturated heterocycles. The van der Waals surface area contributed by atoms with E-state index in [9.17, 15) is 27.6 Å². The van der Waals surface area contributed by atoms with Crippen molar-refractivity contribution < 1.29 is 32.3 Å². The number of carbonyl (C=O) groups is 3. The van der Waals surface area contributed by atoms with Crippen molar-refractivity contribution in [2.75, 3.05) is 20.1 Å². The highest BCUT2D eigenvalue weighted by Crippen LogP contribution is 2.27. The Labute approximate surface area is 195 Å². The van der Waals surface area contributed by atoms with Gasteiger partial charge in [-0.3, -0.25) is 4.79 Å². The third kappa shape index (κ3) is 7.25. The van der Waals surface area contributed by atoms with Crippen LogP contribution in [0, 0.1) is 0 Å². The van der Waals surface area contributed by atoms with Crippen molar-refractivity contribution >= 4 is 29.9 Å². The molecule has 2 aromatic carbocycles. The Morgan fingerprint density at radius 2 is 1.41 bits per heavy atom. The number of nitrogens with zero attached hydrogens (tertiary/aromatic N) is 1. The summed E-state index contributed by atoms with van der Waals surface area (Å²) in [6.45, 7) is 2.15. The summed E-state index contributed by atoms with van der Waals surface area (Å²) in [4.78, 5) is 36.7. The fraction of sp³-hybridized carbons (Fsp3) is 0.269. The maximum Gasteiger partial charge on any atom is 0.491 e. The smallest absolute Gasteiger partial charge is 0.383 e. The first-order chi connectivity index (χ1) is 16.1. The van der Waals surface area contributed by atoms with Crippen molar-refractivity contribution in [3.8, 4) is 0 Å². The molecule has 34 heavy (non-hydrogen) atoms. The van der Waals surface area contributed by atoms with E-state index in [0.29, 0.717) is 17.0 Å². The number of hydrogen-bond donors (Lipinski definition) is 0. The van der Waals surface area contributed by atoms with E-state index in [1.807, 2.05) is 24.3 Å². The number of rotatable bonds is 6. The maximum atomic E-state index is 12.5. The number of halogens is 3. The summed E-state index contributed by atoms with van der Waals surface area (Å²) >= 11 is 0. The van der Waals surface area contributed by atoms with Gasteiger partial charge in [0.15, 0.2) is 5.78 Å². The summed E-state index contributed by atoms with van der Waals surface area (Å²) in [5.74, 6) is -3.59. The van der Waals surface area contributed by atoms with Crippen LogP contribution in [-0.4, -0.2) is 48.9 Å². The van der Waals surface area contributed by atoms with Crippen LogP contribution in [0.15, 0.2) is 60.7 Å². The van der Waals surface area contributed by atoms with Gasteiger partial charge in [-0.05, 0) is 67.7 Å². The molecule has 0 unspecified atom stereocenters. The third-order valence-electron chi connectivity index (χ3n) is 5.59. The van der Waals surface area contributed by atoms with Crippen LogP contribution < -0.4 is 0 Å². The molecule has 0 aliphatic carbocycles. The number of ether oxygens (including phenoxy) is 1. The van der Waals surface area contributed by atoms with Gasteiger partial charge in [-0.25, -0.2) is 9.59 Å². The summed E-state index contributed by atoms with van der Waals surface area (Å²) < 4.78 is 39.9. The van der Waals surface area contributed by atoms with Crippen molar-refractivity contribution in [1.82, 2.24) is 4.90 Å². The summed E-state index contributed by atoms with van der Waals surface area (Å²) in [6.07, 6.45) is 2.06. The van der Waals surface area contributed by atoms with E-state index in [-0.39, 0.29) is 5.78 Å². The molecule has 3 rings (SSSR count). The quantitative estimate of drug-likeness (QED) is 0.256. The van der Waals surface area contributed by atoms with Crippen LogP contribution in [0.5, 0.6) is 0 Å². The first kappa shape index (κ1) is 25.1. The second-order valence-electron chi connectivity index (χ2n) is 8.10. The van der Waals surface area contributed by atoms with Crippen molar-refractivity contribution in [1.29, 1.82) is 0 Å². The Hall–Kier alpha value is -3.52. The predicted octanol–water partition coefficient (Wildman–Crippen LogP) is 5.04. The number of piperidine rings is 1.